The van der Waals surface area contributed by atoms with Gasteiger partial charge in [0.05, 0.1) is 0 Å². The molecule has 0 aliphatic carbocycles. The van der Waals surface area contributed by atoms with Gasteiger partial charge in [-0.25, -0.2) is 0 Å². The van der Waals surface area contributed by atoms with Gasteiger partial charge in [-0.3, -0.25) is 0 Å². The van der Waals surface area contributed by atoms with Gasteiger partial charge >= 0.3 is 0 Å². The molecule has 0 aromatic rings. The second-order valence-electron chi connectivity index (χ2n) is 5.21. The second kappa shape index (κ2) is 6.23. The molecule has 0 aliphatic rings. The van der Waals surface area contributed by atoms with Crippen LogP contribution in [0, 0.1) is 11.3 Å². The average molecular weight is 213 g/mol. The summed E-state index contributed by atoms with van der Waals surface area (Å²) in [5, 5.41) is 11.1. The molecule has 0 heterocycles. The quantitative estimate of drug-likeness (QED) is 0.635. The normalized spacial score (nSPS) is 16.5. The fourth-order valence-corrected chi connectivity index (χ4v) is 1.73. The van der Waals surface area contributed by atoms with Gasteiger partial charge in [-0.2, -0.15) is 0 Å². The fraction of sp³-hybridized carbons (Fsp3) is 0.917. The first-order valence-corrected chi connectivity index (χ1v) is 5.76. The van der Waals surface area contributed by atoms with Crippen molar-refractivity contribution in [3.63, 3.8) is 0 Å². The summed E-state index contributed by atoms with van der Waals surface area (Å²) in [6.07, 6.45) is 2.69. The molecule has 0 saturated carbocycles. The lowest BCUT2D eigenvalue weighted by Crippen LogP contribution is -2.53. The van der Waals surface area contributed by atoms with E-state index in [2.05, 4.69) is 52.0 Å². The third-order valence-corrected chi connectivity index (χ3v) is 2.92. The summed E-state index contributed by atoms with van der Waals surface area (Å²) in [6, 6.07) is 0.504. The first-order chi connectivity index (χ1) is 6.83. The van der Waals surface area contributed by atoms with Crippen LogP contribution in [0.5, 0.6) is 0 Å². The SMILES string of the molecule is CCC(C)NC(C)(C)C(C=N)CN(C)C. The summed E-state index contributed by atoms with van der Waals surface area (Å²) in [7, 11) is 4.10. The molecule has 3 nitrogen and oxygen atoms in total. The van der Waals surface area contributed by atoms with Crippen LogP contribution < -0.4 is 5.32 Å². The van der Waals surface area contributed by atoms with Crippen molar-refractivity contribution in [2.24, 2.45) is 5.92 Å². The molecule has 0 spiro atoms. The zero-order valence-corrected chi connectivity index (χ0v) is 11.1. The van der Waals surface area contributed by atoms with Crippen LogP contribution in [0.4, 0.5) is 0 Å². The highest BCUT2D eigenvalue weighted by atomic mass is 15.1. The monoisotopic (exact) mass is 213 g/mol. The minimum Gasteiger partial charge on any atom is -0.313 e. The van der Waals surface area contributed by atoms with E-state index in [-0.39, 0.29) is 11.5 Å². The van der Waals surface area contributed by atoms with E-state index in [9.17, 15) is 0 Å². The van der Waals surface area contributed by atoms with E-state index >= 15 is 0 Å². The Bertz CT molecular complexity index is 187. The van der Waals surface area contributed by atoms with Crippen molar-refractivity contribution in [1.29, 1.82) is 5.41 Å². The van der Waals surface area contributed by atoms with Gasteiger partial charge in [0, 0.05) is 30.3 Å². The highest BCUT2D eigenvalue weighted by molar-refractivity contribution is 5.59. The van der Waals surface area contributed by atoms with Crippen molar-refractivity contribution in [2.75, 3.05) is 20.6 Å². The Morgan fingerprint density at radius 3 is 2.27 bits per heavy atom. The molecule has 90 valence electrons. The first-order valence-electron chi connectivity index (χ1n) is 5.76. The van der Waals surface area contributed by atoms with Gasteiger partial charge in [-0.1, -0.05) is 6.92 Å². The largest absolute Gasteiger partial charge is 0.313 e. The lowest BCUT2D eigenvalue weighted by atomic mass is 9.87. The molecule has 0 fully saturated rings. The third kappa shape index (κ3) is 5.28. The summed E-state index contributed by atoms with van der Waals surface area (Å²) in [5.41, 5.74) is -0.0125. The Hall–Kier alpha value is -0.410. The van der Waals surface area contributed by atoms with E-state index in [1.165, 1.54) is 0 Å². The van der Waals surface area contributed by atoms with Gasteiger partial charge in [-0.15, -0.1) is 0 Å². The van der Waals surface area contributed by atoms with E-state index in [1.54, 1.807) is 6.21 Å². The maximum Gasteiger partial charge on any atom is 0.0240 e. The number of rotatable bonds is 7. The van der Waals surface area contributed by atoms with Crippen LogP contribution in [0.3, 0.4) is 0 Å². The molecule has 0 radical (unpaired) electrons. The van der Waals surface area contributed by atoms with E-state index in [4.69, 9.17) is 5.41 Å². The lowest BCUT2D eigenvalue weighted by molar-refractivity contribution is 0.235. The molecule has 3 heteroatoms. The molecule has 0 saturated heterocycles. The smallest absolute Gasteiger partial charge is 0.0240 e. The Morgan fingerprint density at radius 1 is 1.40 bits per heavy atom. The van der Waals surface area contributed by atoms with Crippen LogP contribution in [-0.2, 0) is 0 Å². The molecular weight excluding hydrogens is 186 g/mol. The number of nitrogens with zero attached hydrogens (tertiary/aromatic N) is 1. The minimum atomic E-state index is -0.0125. The van der Waals surface area contributed by atoms with Crippen molar-refractivity contribution in [1.82, 2.24) is 10.2 Å². The zero-order valence-electron chi connectivity index (χ0n) is 11.1. The molecule has 0 bridgehead atoms. The van der Waals surface area contributed by atoms with Crippen molar-refractivity contribution >= 4 is 6.21 Å². The van der Waals surface area contributed by atoms with Crippen LogP contribution in [-0.4, -0.2) is 43.3 Å². The van der Waals surface area contributed by atoms with E-state index < -0.39 is 0 Å². The second-order valence-corrected chi connectivity index (χ2v) is 5.21. The highest BCUT2D eigenvalue weighted by Gasteiger charge is 2.28. The van der Waals surface area contributed by atoms with Gasteiger partial charge in [0.2, 0.25) is 0 Å². The van der Waals surface area contributed by atoms with Crippen LogP contribution in [0.15, 0.2) is 0 Å². The van der Waals surface area contributed by atoms with E-state index in [0.717, 1.165) is 13.0 Å². The van der Waals surface area contributed by atoms with Gasteiger partial charge < -0.3 is 15.6 Å². The van der Waals surface area contributed by atoms with Gasteiger partial charge in [0.1, 0.15) is 0 Å². The van der Waals surface area contributed by atoms with Crippen LogP contribution >= 0.6 is 0 Å². The molecule has 2 atom stereocenters. The first kappa shape index (κ1) is 14.6. The Kier molecular flexibility index (Phi) is 6.06. The maximum absolute atomic E-state index is 7.52. The molecule has 0 rings (SSSR count). The summed E-state index contributed by atoms with van der Waals surface area (Å²) in [4.78, 5) is 2.13. The van der Waals surface area contributed by atoms with Crippen LogP contribution in [0.25, 0.3) is 0 Å². The highest BCUT2D eigenvalue weighted by Crippen LogP contribution is 2.17. The topological polar surface area (TPSA) is 39.1 Å². The number of hydrogen-bond acceptors (Lipinski definition) is 3. The van der Waals surface area contributed by atoms with Gasteiger partial charge in [0.15, 0.2) is 0 Å². The number of hydrogen-bond donors (Lipinski definition) is 2. The third-order valence-electron chi connectivity index (χ3n) is 2.92. The van der Waals surface area contributed by atoms with Crippen LogP contribution in [0.2, 0.25) is 0 Å². The van der Waals surface area contributed by atoms with E-state index in [0.29, 0.717) is 6.04 Å². The van der Waals surface area contributed by atoms with Crippen molar-refractivity contribution < 1.29 is 0 Å². The van der Waals surface area contributed by atoms with Crippen molar-refractivity contribution in [3.05, 3.63) is 0 Å². The molecule has 0 aromatic carbocycles. The Balaban J connectivity index is 4.43. The molecule has 2 N–H and O–H groups in total. The average Bonchev–Trinajstić information content (AvgIpc) is 2.12. The van der Waals surface area contributed by atoms with Crippen molar-refractivity contribution in [3.8, 4) is 0 Å². The summed E-state index contributed by atoms with van der Waals surface area (Å²) in [5.74, 6) is 0.251. The Labute approximate surface area is 94.7 Å². The fourth-order valence-electron chi connectivity index (χ4n) is 1.73. The molecule has 2 unspecified atom stereocenters. The molecule has 0 aliphatic heterocycles. The Morgan fingerprint density at radius 2 is 1.93 bits per heavy atom. The van der Waals surface area contributed by atoms with Crippen molar-refractivity contribution in [2.45, 2.75) is 45.7 Å². The summed E-state index contributed by atoms with van der Waals surface area (Å²) in [6.45, 7) is 9.65. The maximum atomic E-state index is 7.52. The van der Waals surface area contributed by atoms with Gasteiger partial charge in [0.25, 0.3) is 0 Å². The zero-order chi connectivity index (χ0) is 12.1. The standard InChI is InChI=1S/C12H27N3/c1-7-10(2)14-12(3,4)11(8-13)9-15(5)6/h8,10-11,13-14H,7,9H2,1-6H3. The van der Waals surface area contributed by atoms with E-state index in [1.807, 2.05) is 0 Å². The van der Waals surface area contributed by atoms with Gasteiger partial charge in [-0.05, 0) is 41.3 Å². The predicted molar refractivity (Wildman–Crippen MR) is 67.8 cm³/mol. The van der Waals surface area contributed by atoms with Crippen LogP contribution in [0.1, 0.15) is 34.1 Å². The summed E-state index contributed by atoms with van der Waals surface area (Å²) < 4.78 is 0. The minimum absolute atomic E-state index is 0.0125. The lowest BCUT2D eigenvalue weighted by Gasteiger charge is -2.37. The predicted octanol–water partition coefficient (Wildman–Crippen LogP) is 1.98. The number of nitrogens with one attached hydrogen (secondary N) is 2. The molecule has 0 aromatic heterocycles. The summed E-state index contributed by atoms with van der Waals surface area (Å²) >= 11 is 0. The molecule has 15 heavy (non-hydrogen) atoms. The molecular formula is C12H27N3. The molecule has 0 amide bonds.